The van der Waals surface area contributed by atoms with E-state index in [-0.39, 0.29) is 18.2 Å². The first-order valence-electron chi connectivity index (χ1n) is 7.79. The SMILES string of the molecule is N#CCSc1ccccc1NC(=O)Cn1nc(-c2ccc(F)cc2)oc1=O. The highest BCUT2D eigenvalue weighted by atomic mass is 32.2. The Morgan fingerprint density at radius 3 is 2.74 bits per heavy atom. The van der Waals surface area contributed by atoms with Crippen molar-refractivity contribution in [3.05, 3.63) is 64.9 Å². The zero-order valence-electron chi connectivity index (χ0n) is 13.9. The van der Waals surface area contributed by atoms with Crippen LogP contribution < -0.4 is 11.1 Å². The van der Waals surface area contributed by atoms with Gasteiger partial charge in [0.2, 0.25) is 11.8 Å². The lowest BCUT2D eigenvalue weighted by atomic mass is 10.2. The topological polar surface area (TPSA) is 101 Å². The molecular weight excluding hydrogens is 371 g/mol. The normalized spacial score (nSPS) is 10.4. The van der Waals surface area contributed by atoms with Gasteiger partial charge in [0.1, 0.15) is 12.4 Å². The molecule has 1 heterocycles. The quantitative estimate of drug-likeness (QED) is 0.656. The highest BCUT2D eigenvalue weighted by molar-refractivity contribution is 7.99. The van der Waals surface area contributed by atoms with Crippen LogP contribution in [0.3, 0.4) is 0 Å². The van der Waals surface area contributed by atoms with E-state index in [0.717, 1.165) is 9.58 Å². The second-order valence-corrected chi connectivity index (χ2v) is 6.35. The van der Waals surface area contributed by atoms with Crippen LogP contribution in [0.2, 0.25) is 0 Å². The van der Waals surface area contributed by atoms with Gasteiger partial charge in [0, 0.05) is 10.5 Å². The van der Waals surface area contributed by atoms with Crippen LogP contribution in [0.15, 0.2) is 62.6 Å². The average molecular weight is 384 g/mol. The Hall–Kier alpha value is -3.38. The third-order valence-corrected chi connectivity index (χ3v) is 4.38. The molecule has 0 saturated heterocycles. The summed E-state index contributed by atoms with van der Waals surface area (Å²) >= 11 is 1.29. The van der Waals surface area contributed by atoms with Gasteiger partial charge in [-0.25, -0.2) is 9.18 Å². The van der Waals surface area contributed by atoms with E-state index in [0.29, 0.717) is 11.3 Å². The van der Waals surface area contributed by atoms with Crippen LogP contribution in [0.1, 0.15) is 0 Å². The fraction of sp³-hybridized carbons (Fsp3) is 0.111. The predicted molar refractivity (Wildman–Crippen MR) is 97.6 cm³/mol. The molecule has 27 heavy (non-hydrogen) atoms. The summed E-state index contributed by atoms with van der Waals surface area (Å²) in [5.41, 5.74) is 0.962. The Morgan fingerprint density at radius 1 is 1.26 bits per heavy atom. The fourth-order valence-corrected chi connectivity index (χ4v) is 2.92. The first-order chi connectivity index (χ1) is 13.1. The van der Waals surface area contributed by atoms with Crippen molar-refractivity contribution < 1.29 is 13.6 Å². The Labute approximate surface area is 157 Å². The molecule has 1 N–H and O–H groups in total. The zero-order chi connectivity index (χ0) is 19.2. The number of rotatable bonds is 6. The van der Waals surface area contributed by atoms with E-state index in [4.69, 9.17) is 9.68 Å². The summed E-state index contributed by atoms with van der Waals surface area (Å²) in [7, 11) is 0. The number of nitrogens with one attached hydrogen (secondary N) is 1. The number of amides is 1. The maximum absolute atomic E-state index is 13.0. The molecule has 0 atom stereocenters. The molecule has 0 radical (unpaired) electrons. The van der Waals surface area contributed by atoms with Gasteiger partial charge in [-0.2, -0.15) is 9.94 Å². The zero-order valence-corrected chi connectivity index (χ0v) is 14.7. The summed E-state index contributed by atoms with van der Waals surface area (Å²) in [4.78, 5) is 24.9. The fourth-order valence-electron chi connectivity index (χ4n) is 2.25. The maximum atomic E-state index is 13.0. The highest BCUT2D eigenvalue weighted by Gasteiger charge is 2.14. The van der Waals surface area contributed by atoms with Gasteiger partial charge in [-0.15, -0.1) is 16.9 Å². The molecule has 1 aromatic heterocycles. The van der Waals surface area contributed by atoms with Crippen LogP contribution in [-0.4, -0.2) is 21.4 Å². The molecule has 0 fully saturated rings. The Kier molecular flexibility index (Phi) is 5.68. The van der Waals surface area contributed by atoms with Gasteiger partial charge >= 0.3 is 5.76 Å². The minimum absolute atomic E-state index is 0.00206. The van der Waals surface area contributed by atoms with E-state index in [2.05, 4.69) is 10.4 Å². The molecule has 0 aliphatic rings. The molecule has 0 aliphatic heterocycles. The summed E-state index contributed by atoms with van der Waals surface area (Å²) in [6.07, 6.45) is 0. The van der Waals surface area contributed by atoms with E-state index < -0.39 is 17.5 Å². The molecule has 0 bridgehead atoms. The number of para-hydroxylation sites is 1. The Morgan fingerprint density at radius 2 is 2.00 bits per heavy atom. The lowest BCUT2D eigenvalue weighted by Crippen LogP contribution is -2.26. The molecular formula is C18H13FN4O3S. The third kappa shape index (κ3) is 4.62. The minimum atomic E-state index is -0.795. The predicted octanol–water partition coefficient (Wildman–Crippen LogP) is 2.90. The average Bonchev–Trinajstić information content (AvgIpc) is 3.02. The first-order valence-corrected chi connectivity index (χ1v) is 8.78. The highest BCUT2D eigenvalue weighted by Crippen LogP contribution is 2.26. The summed E-state index contributed by atoms with van der Waals surface area (Å²) in [6, 6.07) is 14.3. The van der Waals surface area contributed by atoms with Crippen LogP contribution >= 0.6 is 11.8 Å². The number of nitrogens with zero attached hydrogens (tertiary/aromatic N) is 3. The molecule has 136 valence electrons. The van der Waals surface area contributed by atoms with Crippen molar-refractivity contribution in [2.45, 2.75) is 11.4 Å². The third-order valence-electron chi connectivity index (χ3n) is 3.44. The summed E-state index contributed by atoms with van der Waals surface area (Å²) < 4.78 is 18.9. The molecule has 3 rings (SSSR count). The Balaban J connectivity index is 1.73. The first kappa shape index (κ1) is 18.4. The lowest BCUT2D eigenvalue weighted by molar-refractivity contribution is -0.117. The molecule has 7 nitrogen and oxygen atoms in total. The van der Waals surface area contributed by atoms with E-state index in [1.807, 2.05) is 6.07 Å². The molecule has 0 aliphatic carbocycles. The molecule has 1 amide bonds. The molecule has 0 spiro atoms. The standard InChI is InChI=1S/C18H13FN4O3S/c19-13-7-5-12(6-8-13)17-22-23(18(25)26-17)11-16(24)21-14-3-1-2-4-15(14)27-10-9-20/h1-8H,10-11H2,(H,21,24). The van der Waals surface area contributed by atoms with Crippen molar-refractivity contribution >= 4 is 23.4 Å². The van der Waals surface area contributed by atoms with Gasteiger partial charge in [-0.05, 0) is 36.4 Å². The number of hydrogen-bond donors (Lipinski definition) is 1. The molecule has 0 saturated carbocycles. The van der Waals surface area contributed by atoms with Crippen LogP contribution in [0, 0.1) is 17.1 Å². The number of hydrogen-bond acceptors (Lipinski definition) is 6. The van der Waals surface area contributed by atoms with E-state index >= 15 is 0 Å². The Bertz CT molecular complexity index is 1050. The van der Waals surface area contributed by atoms with Crippen molar-refractivity contribution in [1.29, 1.82) is 5.26 Å². The smallest absolute Gasteiger partial charge is 0.388 e. The largest absolute Gasteiger partial charge is 0.437 e. The van der Waals surface area contributed by atoms with Crippen molar-refractivity contribution in [2.24, 2.45) is 0 Å². The molecule has 3 aromatic rings. The summed E-state index contributed by atoms with van der Waals surface area (Å²) in [5, 5.41) is 15.4. The second-order valence-electron chi connectivity index (χ2n) is 5.33. The number of carbonyl (C=O) groups is 1. The van der Waals surface area contributed by atoms with Gasteiger partial charge in [-0.3, -0.25) is 4.79 Å². The maximum Gasteiger partial charge on any atom is 0.437 e. The van der Waals surface area contributed by atoms with Crippen molar-refractivity contribution in [3.8, 4) is 17.5 Å². The van der Waals surface area contributed by atoms with Crippen LogP contribution in [0.4, 0.5) is 10.1 Å². The van der Waals surface area contributed by atoms with Crippen molar-refractivity contribution in [2.75, 3.05) is 11.1 Å². The lowest BCUT2D eigenvalue weighted by Gasteiger charge is -2.09. The number of benzene rings is 2. The van der Waals surface area contributed by atoms with Crippen LogP contribution in [0.25, 0.3) is 11.5 Å². The number of aromatic nitrogens is 2. The number of halogens is 1. The van der Waals surface area contributed by atoms with Gasteiger partial charge < -0.3 is 9.73 Å². The number of thioether (sulfide) groups is 1. The molecule has 0 unspecified atom stereocenters. The number of anilines is 1. The monoisotopic (exact) mass is 384 g/mol. The minimum Gasteiger partial charge on any atom is -0.388 e. The van der Waals surface area contributed by atoms with Gasteiger partial charge in [0.15, 0.2) is 0 Å². The van der Waals surface area contributed by atoms with Crippen LogP contribution in [-0.2, 0) is 11.3 Å². The second kappa shape index (κ2) is 8.33. The summed E-state index contributed by atoms with van der Waals surface area (Å²) in [5.74, 6) is -1.44. The van der Waals surface area contributed by atoms with E-state index in [9.17, 15) is 14.0 Å². The van der Waals surface area contributed by atoms with Crippen LogP contribution in [0.5, 0.6) is 0 Å². The van der Waals surface area contributed by atoms with Gasteiger partial charge in [0.25, 0.3) is 0 Å². The van der Waals surface area contributed by atoms with E-state index in [1.54, 1.807) is 24.3 Å². The van der Waals surface area contributed by atoms with Gasteiger partial charge in [-0.1, -0.05) is 12.1 Å². The van der Waals surface area contributed by atoms with Crippen molar-refractivity contribution in [3.63, 3.8) is 0 Å². The van der Waals surface area contributed by atoms with Crippen molar-refractivity contribution in [1.82, 2.24) is 9.78 Å². The number of carbonyl (C=O) groups excluding carboxylic acids is 1. The summed E-state index contributed by atoms with van der Waals surface area (Å²) in [6.45, 7) is -0.346. The molecule has 2 aromatic carbocycles. The van der Waals surface area contributed by atoms with Gasteiger partial charge in [0.05, 0.1) is 17.5 Å². The molecule has 9 heteroatoms. The number of nitriles is 1. The van der Waals surface area contributed by atoms with E-state index in [1.165, 1.54) is 36.0 Å².